The summed E-state index contributed by atoms with van der Waals surface area (Å²) < 4.78 is 5.42. The molecule has 6 nitrogen and oxygen atoms in total. The van der Waals surface area contributed by atoms with Crippen LogP contribution in [0.4, 0.5) is 0 Å². The van der Waals surface area contributed by atoms with Gasteiger partial charge in [-0.3, -0.25) is 9.59 Å². The van der Waals surface area contributed by atoms with E-state index in [4.69, 9.17) is 4.52 Å². The summed E-state index contributed by atoms with van der Waals surface area (Å²) in [5.41, 5.74) is 0.579. The number of carboxylic acids is 1. The van der Waals surface area contributed by atoms with Crippen LogP contribution in [0.15, 0.2) is 40.9 Å². The van der Waals surface area contributed by atoms with E-state index in [1.54, 1.807) is 11.0 Å². The van der Waals surface area contributed by atoms with Gasteiger partial charge in [0.25, 0.3) is 0 Å². The Hall–Kier alpha value is -2.63. The smallest absolute Gasteiger partial charge is 0.311 e. The van der Waals surface area contributed by atoms with E-state index in [2.05, 4.69) is 5.16 Å². The van der Waals surface area contributed by atoms with E-state index >= 15 is 0 Å². The SMILES string of the molecule is CC(C)C(=O)N1CCC[C@](Cc2cc(-c3ccccc3)no2)(C(=O)O)C1. The van der Waals surface area contributed by atoms with Gasteiger partial charge in [0.05, 0.1) is 5.41 Å². The van der Waals surface area contributed by atoms with E-state index in [1.807, 2.05) is 44.2 Å². The Balaban J connectivity index is 1.82. The van der Waals surface area contributed by atoms with Crippen LogP contribution in [-0.2, 0) is 16.0 Å². The van der Waals surface area contributed by atoms with Gasteiger partial charge in [-0.05, 0) is 12.8 Å². The summed E-state index contributed by atoms with van der Waals surface area (Å²) in [6.45, 7) is 4.49. The van der Waals surface area contributed by atoms with Crippen molar-refractivity contribution < 1.29 is 19.2 Å². The number of benzene rings is 1. The molecule has 0 unspecified atom stereocenters. The van der Waals surface area contributed by atoms with Crippen molar-refractivity contribution in [1.82, 2.24) is 10.1 Å². The number of hydrogen-bond donors (Lipinski definition) is 1. The number of amides is 1. The molecular formula is C20H24N2O4. The normalized spacial score (nSPS) is 20.3. The summed E-state index contributed by atoms with van der Waals surface area (Å²) in [4.78, 5) is 26.1. The fourth-order valence-electron chi connectivity index (χ4n) is 3.55. The first kappa shape index (κ1) is 18.2. The maximum atomic E-state index is 12.3. The molecule has 0 bridgehead atoms. The molecule has 138 valence electrons. The van der Waals surface area contributed by atoms with Gasteiger partial charge in [0.15, 0.2) is 0 Å². The van der Waals surface area contributed by atoms with E-state index < -0.39 is 11.4 Å². The van der Waals surface area contributed by atoms with Crippen LogP contribution in [0.5, 0.6) is 0 Å². The number of piperidine rings is 1. The minimum Gasteiger partial charge on any atom is -0.481 e. The highest BCUT2D eigenvalue weighted by atomic mass is 16.5. The number of rotatable bonds is 5. The summed E-state index contributed by atoms with van der Waals surface area (Å²) in [6.07, 6.45) is 1.42. The van der Waals surface area contributed by atoms with Crippen LogP contribution in [0.3, 0.4) is 0 Å². The van der Waals surface area contributed by atoms with Crippen molar-refractivity contribution in [3.8, 4) is 11.3 Å². The van der Waals surface area contributed by atoms with Gasteiger partial charge >= 0.3 is 5.97 Å². The first-order valence-electron chi connectivity index (χ1n) is 8.94. The number of carboxylic acid groups (broad SMARTS) is 1. The Labute approximate surface area is 152 Å². The third-order valence-electron chi connectivity index (χ3n) is 4.98. The molecule has 6 heteroatoms. The Kier molecular flexibility index (Phi) is 5.11. The van der Waals surface area contributed by atoms with Gasteiger partial charge in [-0.1, -0.05) is 49.3 Å². The lowest BCUT2D eigenvalue weighted by Crippen LogP contribution is -2.51. The van der Waals surface area contributed by atoms with Crippen molar-refractivity contribution in [2.75, 3.05) is 13.1 Å². The Bertz CT molecular complexity index is 784. The van der Waals surface area contributed by atoms with Crippen molar-refractivity contribution in [2.45, 2.75) is 33.1 Å². The molecule has 1 aliphatic rings. The maximum absolute atomic E-state index is 12.3. The number of likely N-dealkylation sites (tertiary alicyclic amines) is 1. The number of carbonyl (C=O) groups excluding carboxylic acids is 1. The van der Waals surface area contributed by atoms with Crippen molar-refractivity contribution in [3.05, 3.63) is 42.2 Å². The highest BCUT2D eigenvalue weighted by Crippen LogP contribution is 2.35. The first-order chi connectivity index (χ1) is 12.4. The molecule has 1 aliphatic heterocycles. The molecule has 2 aromatic rings. The van der Waals surface area contributed by atoms with Crippen LogP contribution in [0.25, 0.3) is 11.3 Å². The summed E-state index contributed by atoms with van der Waals surface area (Å²) in [5.74, 6) is -0.506. The third kappa shape index (κ3) is 3.64. The number of carbonyl (C=O) groups is 2. The van der Waals surface area contributed by atoms with E-state index in [0.717, 1.165) is 5.56 Å². The Morgan fingerprint density at radius 2 is 2.04 bits per heavy atom. The highest BCUT2D eigenvalue weighted by molar-refractivity contribution is 5.81. The Morgan fingerprint density at radius 1 is 1.31 bits per heavy atom. The molecule has 26 heavy (non-hydrogen) atoms. The summed E-state index contributed by atoms with van der Waals surface area (Å²) in [5, 5.41) is 14.0. The van der Waals surface area contributed by atoms with E-state index in [-0.39, 0.29) is 24.8 Å². The summed E-state index contributed by atoms with van der Waals surface area (Å²) >= 11 is 0. The van der Waals surface area contributed by atoms with Gasteiger partial charge < -0.3 is 14.5 Å². The van der Waals surface area contributed by atoms with E-state index in [9.17, 15) is 14.7 Å². The van der Waals surface area contributed by atoms with Crippen LogP contribution >= 0.6 is 0 Å². The predicted octanol–water partition coefficient (Wildman–Crippen LogP) is 3.23. The van der Waals surface area contributed by atoms with Crippen molar-refractivity contribution in [1.29, 1.82) is 0 Å². The third-order valence-corrected chi connectivity index (χ3v) is 4.98. The van der Waals surface area contributed by atoms with Crippen LogP contribution in [0.2, 0.25) is 0 Å². The quantitative estimate of drug-likeness (QED) is 0.889. The minimum absolute atomic E-state index is 0.00197. The average molecular weight is 356 g/mol. The van der Waals surface area contributed by atoms with Crippen molar-refractivity contribution in [3.63, 3.8) is 0 Å². The fraction of sp³-hybridized carbons (Fsp3) is 0.450. The second-order valence-electron chi connectivity index (χ2n) is 7.32. The average Bonchev–Trinajstić information content (AvgIpc) is 3.10. The molecule has 1 N–H and O–H groups in total. The number of nitrogens with zero attached hydrogens (tertiary/aromatic N) is 2. The first-order valence-corrected chi connectivity index (χ1v) is 8.94. The molecule has 1 fully saturated rings. The van der Waals surface area contributed by atoms with E-state index in [1.165, 1.54) is 0 Å². The van der Waals surface area contributed by atoms with Crippen molar-refractivity contribution >= 4 is 11.9 Å². The molecule has 2 heterocycles. The molecule has 0 saturated carbocycles. The lowest BCUT2D eigenvalue weighted by molar-refractivity contribution is -0.156. The molecule has 1 atom stereocenters. The molecule has 1 aromatic heterocycles. The largest absolute Gasteiger partial charge is 0.481 e. The minimum atomic E-state index is -1.03. The molecular weight excluding hydrogens is 332 g/mol. The van der Waals surface area contributed by atoms with Gasteiger partial charge in [0.2, 0.25) is 5.91 Å². The highest BCUT2D eigenvalue weighted by Gasteiger charge is 2.45. The van der Waals surface area contributed by atoms with Gasteiger partial charge in [-0.2, -0.15) is 0 Å². The predicted molar refractivity (Wildman–Crippen MR) is 96.4 cm³/mol. The second kappa shape index (κ2) is 7.32. The zero-order valence-corrected chi connectivity index (χ0v) is 15.1. The zero-order chi connectivity index (χ0) is 18.7. The second-order valence-corrected chi connectivity index (χ2v) is 7.32. The lowest BCUT2D eigenvalue weighted by atomic mass is 9.76. The van der Waals surface area contributed by atoms with Crippen LogP contribution in [0, 0.1) is 11.3 Å². The lowest BCUT2D eigenvalue weighted by Gasteiger charge is -2.40. The standard InChI is InChI=1S/C20H24N2O4/c1-14(2)18(23)22-10-6-9-20(13-22,19(24)25)12-16-11-17(21-26-16)15-7-4-3-5-8-15/h3-5,7-8,11,14H,6,9-10,12-13H2,1-2H3,(H,24,25)/t20-/m1/s1. The zero-order valence-electron chi connectivity index (χ0n) is 15.1. The molecule has 0 spiro atoms. The number of aliphatic carboxylic acids is 1. The molecule has 1 saturated heterocycles. The van der Waals surface area contributed by atoms with Crippen LogP contribution in [-0.4, -0.2) is 40.1 Å². The van der Waals surface area contributed by atoms with Gasteiger partial charge in [0.1, 0.15) is 11.5 Å². The summed E-state index contributed by atoms with van der Waals surface area (Å²) in [7, 11) is 0. The summed E-state index contributed by atoms with van der Waals surface area (Å²) in [6, 6.07) is 11.4. The molecule has 3 rings (SSSR count). The van der Waals surface area contributed by atoms with Crippen LogP contribution in [0.1, 0.15) is 32.4 Å². The van der Waals surface area contributed by atoms with Gasteiger partial charge in [-0.15, -0.1) is 0 Å². The molecule has 0 aliphatic carbocycles. The van der Waals surface area contributed by atoms with Gasteiger partial charge in [-0.25, -0.2) is 0 Å². The Morgan fingerprint density at radius 3 is 2.69 bits per heavy atom. The fourth-order valence-corrected chi connectivity index (χ4v) is 3.55. The van der Waals surface area contributed by atoms with Crippen LogP contribution < -0.4 is 0 Å². The monoisotopic (exact) mass is 356 g/mol. The van der Waals surface area contributed by atoms with E-state index in [0.29, 0.717) is 30.8 Å². The molecule has 0 radical (unpaired) electrons. The molecule has 1 aromatic carbocycles. The topological polar surface area (TPSA) is 83.6 Å². The molecule has 1 amide bonds. The number of hydrogen-bond acceptors (Lipinski definition) is 4. The van der Waals surface area contributed by atoms with Gasteiger partial charge in [0, 0.05) is 37.1 Å². The van der Waals surface area contributed by atoms with Crippen molar-refractivity contribution in [2.24, 2.45) is 11.3 Å². The number of aromatic nitrogens is 1. The maximum Gasteiger partial charge on any atom is 0.311 e.